The van der Waals surface area contributed by atoms with E-state index in [1.54, 1.807) is 0 Å². The summed E-state index contributed by atoms with van der Waals surface area (Å²) in [6.07, 6.45) is 1.97. The predicted octanol–water partition coefficient (Wildman–Crippen LogP) is 0.215. The van der Waals surface area contributed by atoms with Gasteiger partial charge in [0.15, 0.2) is 0 Å². The van der Waals surface area contributed by atoms with Crippen LogP contribution in [0.2, 0.25) is 0 Å². The lowest BCUT2D eigenvalue weighted by atomic mass is 10.1. The molecule has 1 saturated heterocycles. The Kier molecular flexibility index (Phi) is 5.05. The highest BCUT2D eigenvalue weighted by atomic mass is 16.3. The first-order valence-electron chi connectivity index (χ1n) is 5.78. The molecular weight excluding hydrogens is 192 g/mol. The summed E-state index contributed by atoms with van der Waals surface area (Å²) >= 11 is 0. The highest BCUT2D eigenvalue weighted by molar-refractivity contribution is 5.78. The van der Waals surface area contributed by atoms with Crippen LogP contribution in [-0.4, -0.2) is 48.2 Å². The third kappa shape index (κ3) is 4.18. The molecule has 0 spiro atoms. The second-order valence-corrected chi connectivity index (χ2v) is 4.45. The van der Waals surface area contributed by atoms with Gasteiger partial charge >= 0.3 is 0 Å². The number of carbonyl (C=O) groups excluding carboxylic acids is 1. The molecule has 4 nitrogen and oxygen atoms in total. The summed E-state index contributed by atoms with van der Waals surface area (Å²) in [6.45, 7) is 6.56. The number of rotatable bonds is 5. The zero-order chi connectivity index (χ0) is 11.3. The van der Waals surface area contributed by atoms with Crippen molar-refractivity contribution in [3.8, 4) is 0 Å². The van der Waals surface area contributed by atoms with Crippen molar-refractivity contribution >= 4 is 5.91 Å². The molecule has 0 radical (unpaired) electrons. The first-order chi connectivity index (χ1) is 7.15. The van der Waals surface area contributed by atoms with Gasteiger partial charge in [-0.15, -0.1) is 0 Å². The molecule has 88 valence electrons. The van der Waals surface area contributed by atoms with E-state index in [0.717, 1.165) is 25.9 Å². The Morgan fingerprint density at radius 2 is 2.40 bits per heavy atom. The molecule has 1 amide bonds. The van der Waals surface area contributed by atoms with Gasteiger partial charge in [0.2, 0.25) is 5.91 Å². The van der Waals surface area contributed by atoms with E-state index in [4.69, 9.17) is 5.11 Å². The summed E-state index contributed by atoms with van der Waals surface area (Å²) in [5, 5.41) is 11.9. The van der Waals surface area contributed by atoms with Gasteiger partial charge in [0.1, 0.15) is 0 Å². The molecule has 1 heterocycles. The summed E-state index contributed by atoms with van der Waals surface area (Å²) in [4.78, 5) is 13.7. The molecular formula is C11H22N2O2. The molecule has 0 aliphatic carbocycles. The van der Waals surface area contributed by atoms with Crippen LogP contribution in [0.5, 0.6) is 0 Å². The maximum absolute atomic E-state index is 11.5. The fourth-order valence-electron chi connectivity index (χ4n) is 1.83. The molecule has 2 unspecified atom stereocenters. The molecule has 1 fully saturated rings. The Balaban J connectivity index is 2.21. The van der Waals surface area contributed by atoms with Crippen LogP contribution in [-0.2, 0) is 4.79 Å². The number of likely N-dealkylation sites (tertiary alicyclic amines) is 1. The zero-order valence-corrected chi connectivity index (χ0v) is 9.70. The van der Waals surface area contributed by atoms with Crippen molar-refractivity contribution in [2.24, 2.45) is 5.92 Å². The quantitative estimate of drug-likeness (QED) is 0.688. The maximum atomic E-state index is 11.5. The second-order valence-electron chi connectivity index (χ2n) is 4.45. The van der Waals surface area contributed by atoms with E-state index in [1.807, 2.05) is 6.92 Å². The molecule has 0 aromatic rings. The van der Waals surface area contributed by atoms with Gasteiger partial charge in [0.05, 0.1) is 6.54 Å². The van der Waals surface area contributed by atoms with Crippen LogP contribution in [0.15, 0.2) is 0 Å². The van der Waals surface area contributed by atoms with Crippen LogP contribution < -0.4 is 5.32 Å². The van der Waals surface area contributed by atoms with Crippen molar-refractivity contribution in [1.29, 1.82) is 0 Å². The van der Waals surface area contributed by atoms with Crippen molar-refractivity contribution in [2.45, 2.75) is 32.7 Å². The van der Waals surface area contributed by atoms with E-state index in [-0.39, 0.29) is 18.6 Å². The van der Waals surface area contributed by atoms with Gasteiger partial charge in [-0.2, -0.15) is 0 Å². The molecule has 0 saturated carbocycles. The van der Waals surface area contributed by atoms with Crippen LogP contribution in [0.4, 0.5) is 0 Å². The average Bonchev–Trinajstić information content (AvgIpc) is 2.65. The van der Waals surface area contributed by atoms with Crippen molar-refractivity contribution in [3.05, 3.63) is 0 Å². The van der Waals surface area contributed by atoms with Crippen molar-refractivity contribution in [2.75, 3.05) is 26.2 Å². The predicted molar refractivity (Wildman–Crippen MR) is 59.5 cm³/mol. The van der Waals surface area contributed by atoms with Crippen molar-refractivity contribution in [1.82, 2.24) is 10.2 Å². The van der Waals surface area contributed by atoms with E-state index in [9.17, 15) is 4.79 Å². The average molecular weight is 214 g/mol. The van der Waals surface area contributed by atoms with Gasteiger partial charge in [-0.3, -0.25) is 9.69 Å². The smallest absolute Gasteiger partial charge is 0.234 e. The summed E-state index contributed by atoms with van der Waals surface area (Å²) < 4.78 is 0. The molecule has 2 atom stereocenters. The number of aliphatic hydroxyl groups excluding tert-OH is 1. The van der Waals surface area contributed by atoms with Gasteiger partial charge in [-0.25, -0.2) is 0 Å². The third-order valence-corrected chi connectivity index (χ3v) is 3.02. The topological polar surface area (TPSA) is 52.6 Å². The summed E-state index contributed by atoms with van der Waals surface area (Å²) in [6, 6.07) is 0.258. The molecule has 1 rings (SSSR count). The minimum Gasteiger partial charge on any atom is -0.396 e. The van der Waals surface area contributed by atoms with Crippen LogP contribution in [0, 0.1) is 5.92 Å². The standard InChI is InChI=1S/C11H22N2O2/c1-3-9(2)12-11(15)7-13-5-4-10(6-13)8-14/h9-10,14H,3-8H2,1-2H3,(H,12,15). The van der Waals surface area contributed by atoms with Gasteiger partial charge in [0.25, 0.3) is 0 Å². The molecule has 0 aromatic heterocycles. The Bertz CT molecular complexity index is 209. The van der Waals surface area contributed by atoms with Crippen LogP contribution in [0.1, 0.15) is 26.7 Å². The number of aliphatic hydroxyl groups is 1. The fourth-order valence-corrected chi connectivity index (χ4v) is 1.83. The number of nitrogens with one attached hydrogen (secondary N) is 1. The monoisotopic (exact) mass is 214 g/mol. The summed E-state index contributed by atoms with van der Waals surface area (Å²) in [5.41, 5.74) is 0. The van der Waals surface area contributed by atoms with E-state index in [1.165, 1.54) is 0 Å². The van der Waals surface area contributed by atoms with E-state index < -0.39 is 0 Å². The second kappa shape index (κ2) is 6.08. The number of carbonyl (C=O) groups is 1. The Labute approximate surface area is 91.6 Å². The molecule has 4 heteroatoms. The van der Waals surface area contributed by atoms with Gasteiger partial charge < -0.3 is 10.4 Å². The number of nitrogens with zero attached hydrogens (tertiary/aromatic N) is 1. The van der Waals surface area contributed by atoms with E-state index in [0.29, 0.717) is 12.5 Å². The highest BCUT2D eigenvalue weighted by Gasteiger charge is 2.23. The number of hydrogen-bond acceptors (Lipinski definition) is 3. The SMILES string of the molecule is CCC(C)NC(=O)CN1CCC(CO)C1. The van der Waals surface area contributed by atoms with Crippen LogP contribution >= 0.6 is 0 Å². The van der Waals surface area contributed by atoms with Gasteiger partial charge in [-0.05, 0) is 32.2 Å². The van der Waals surface area contributed by atoms with Crippen LogP contribution in [0.25, 0.3) is 0 Å². The Morgan fingerprint density at radius 3 is 2.93 bits per heavy atom. The maximum Gasteiger partial charge on any atom is 0.234 e. The summed E-state index contributed by atoms with van der Waals surface area (Å²) in [7, 11) is 0. The normalized spacial score (nSPS) is 24.1. The molecule has 2 N–H and O–H groups in total. The van der Waals surface area contributed by atoms with Gasteiger partial charge in [-0.1, -0.05) is 6.92 Å². The van der Waals surface area contributed by atoms with E-state index >= 15 is 0 Å². The van der Waals surface area contributed by atoms with Gasteiger partial charge in [0, 0.05) is 19.2 Å². The molecule has 0 bridgehead atoms. The van der Waals surface area contributed by atoms with Crippen LogP contribution in [0.3, 0.4) is 0 Å². The lowest BCUT2D eigenvalue weighted by Gasteiger charge is -2.17. The largest absolute Gasteiger partial charge is 0.396 e. The minimum atomic E-state index is 0.0999. The first kappa shape index (κ1) is 12.5. The van der Waals surface area contributed by atoms with Crippen molar-refractivity contribution < 1.29 is 9.90 Å². The molecule has 1 aliphatic heterocycles. The highest BCUT2D eigenvalue weighted by Crippen LogP contribution is 2.14. The zero-order valence-electron chi connectivity index (χ0n) is 9.70. The number of hydrogen-bond donors (Lipinski definition) is 2. The van der Waals surface area contributed by atoms with E-state index in [2.05, 4.69) is 17.1 Å². The Morgan fingerprint density at radius 1 is 1.67 bits per heavy atom. The fraction of sp³-hybridized carbons (Fsp3) is 0.909. The Hall–Kier alpha value is -0.610. The molecule has 1 aliphatic rings. The number of amides is 1. The minimum absolute atomic E-state index is 0.0999. The molecule has 15 heavy (non-hydrogen) atoms. The lowest BCUT2D eigenvalue weighted by Crippen LogP contribution is -2.40. The third-order valence-electron chi connectivity index (χ3n) is 3.02. The summed E-state index contributed by atoms with van der Waals surface area (Å²) in [5.74, 6) is 0.462. The first-order valence-corrected chi connectivity index (χ1v) is 5.78. The molecule has 0 aromatic carbocycles. The van der Waals surface area contributed by atoms with Crippen molar-refractivity contribution in [3.63, 3.8) is 0 Å². The lowest BCUT2D eigenvalue weighted by molar-refractivity contribution is -0.122.